The highest BCUT2D eigenvalue weighted by molar-refractivity contribution is 5.81. The Morgan fingerprint density at radius 2 is 1.78 bits per heavy atom. The van der Waals surface area contributed by atoms with Crippen molar-refractivity contribution in [3.63, 3.8) is 0 Å². The molecule has 114 valence electrons. The van der Waals surface area contributed by atoms with E-state index in [0.717, 1.165) is 34.6 Å². The molecule has 0 fully saturated rings. The van der Waals surface area contributed by atoms with Crippen molar-refractivity contribution >= 4 is 0 Å². The van der Waals surface area contributed by atoms with Crippen molar-refractivity contribution in [2.45, 2.75) is 13.0 Å². The van der Waals surface area contributed by atoms with E-state index in [9.17, 15) is 4.79 Å². The van der Waals surface area contributed by atoms with Gasteiger partial charge in [-0.1, -0.05) is 30.3 Å². The molecule has 0 unspecified atom stereocenters. The average Bonchev–Trinajstić information content (AvgIpc) is 3.17. The molecule has 0 amide bonds. The molecule has 2 aliphatic rings. The average molecular weight is 307 g/mol. The summed E-state index contributed by atoms with van der Waals surface area (Å²) in [5, 5.41) is 0. The highest BCUT2D eigenvalue weighted by atomic mass is 16.7. The van der Waals surface area contributed by atoms with Gasteiger partial charge in [-0.3, -0.25) is 4.57 Å². The van der Waals surface area contributed by atoms with E-state index in [1.165, 1.54) is 0 Å². The summed E-state index contributed by atoms with van der Waals surface area (Å²) in [6.07, 6.45) is 0.770. The largest absolute Gasteiger partial charge is 0.454 e. The summed E-state index contributed by atoms with van der Waals surface area (Å²) < 4.78 is 18.2. The molecule has 23 heavy (non-hydrogen) atoms. The van der Waals surface area contributed by atoms with Gasteiger partial charge in [-0.05, 0) is 24.1 Å². The van der Waals surface area contributed by atoms with E-state index in [0.29, 0.717) is 18.1 Å². The second kappa shape index (κ2) is 4.52. The van der Waals surface area contributed by atoms with Crippen molar-refractivity contribution in [1.29, 1.82) is 0 Å². The van der Waals surface area contributed by atoms with Gasteiger partial charge in [0, 0.05) is 17.7 Å². The molecule has 2 aromatic carbocycles. The first-order valence-electron chi connectivity index (χ1n) is 7.53. The summed E-state index contributed by atoms with van der Waals surface area (Å²) in [6, 6.07) is 13.7. The van der Waals surface area contributed by atoms with Gasteiger partial charge in [0.1, 0.15) is 0 Å². The van der Waals surface area contributed by atoms with Crippen molar-refractivity contribution in [3.05, 3.63) is 58.6 Å². The number of ether oxygens (including phenoxy) is 2. The standard InChI is InChI=1S/C18H13NO4/c20-18-19-7-6-12-8-14-15(22-10-21-14)9-13(12)16(19)17(23-18)11-4-2-1-3-5-11/h1-5,8-9H,6-7,10H2. The second-order valence-electron chi connectivity index (χ2n) is 5.68. The van der Waals surface area contributed by atoms with Gasteiger partial charge in [0.15, 0.2) is 17.3 Å². The smallest absolute Gasteiger partial charge is 0.420 e. The van der Waals surface area contributed by atoms with Crippen molar-refractivity contribution in [2.75, 3.05) is 6.79 Å². The fourth-order valence-corrected chi connectivity index (χ4v) is 3.30. The molecule has 0 bridgehead atoms. The molecular formula is C18H13NO4. The first-order valence-corrected chi connectivity index (χ1v) is 7.53. The third-order valence-corrected chi connectivity index (χ3v) is 4.39. The Balaban J connectivity index is 1.80. The minimum absolute atomic E-state index is 0.238. The summed E-state index contributed by atoms with van der Waals surface area (Å²) in [6.45, 7) is 0.846. The summed E-state index contributed by atoms with van der Waals surface area (Å²) in [7, 11) is 0. The molecular weight excluding hydrogens is 294 g/mol. The SMILES string of the molecule is O=c1oc(-c2ccccc2)c2n1CCc1cc3c(cc1-2)OCO3. The number of aromatic nitrogens is 1. The lowest BCUT2D eigenvalue weighted by molar-refractivity contribution is 0.174. The number of fused-ring (bicyclic) bond motifs is 4. The van der Waals surface area contributed by atoms with Crippen molar-refractivity contribution in [1.82, 2.24) is 4.57 Å². The van der Waals surface area contributed by atoms with E-state index >= 15 is 0 Å². The van der Waals surface area contributed by atoms with Crippen LogP contribution in [0, 0.1) is 0 Å². The summed E-state index contributed by atoms with van der Waals surface area (Å²) in [4.78, 5) is 12.2. The van der Waals surface area contributed by atoms with Crippen molar-refractivity contribution in [3.8, 4) is 34.1 Å². The van der Waals surface area contributed by atoms with E-state index in [2.05, 4.69) is 0 Å². The normalized spacial score (nSPS) is 14.4. The highest BCUT2D eigenvalue weighted by Gasteiger charge is 2.28. The molecule has 0 radical (unpaired) electrons. The first-order chi connectivity index (χ1) is 11.3. The number of hydrogen-bond donors (Lipinski definition) is 0. The van der Waals surface area contributed by atoms with Crippen molar-refractivity contribution in [2.24, 2.45) is 0 Å². The van der Waals surface area contributed by atoms with Crippen LogP contribution in [-0.4, -0.2) is 11.4 Å². The third kappa shape index (κ3) is 1.76. The summed E-state index contributed by atoms with van der Waals surface area (Å²) >= 11 is 0. The Bertz CT molecular complexity index is 969. The quantitative estimate of drug-likeness (QED) is 0.693. The summed E-state index contributed by atoms with van der Waals surface area (Å²) in [5.41, 5.74) is 3.84. The van der Waals surface area contributed by atoms with Gasteiger partial charge in [-0.25, -0.2) is 4.79 Å². The van der Waals surface area contributed by atoms with Gasteiger partial charge in [-0.15, -0.1) is 0 Å². The fourth-order valence-electron chi connectivity index (χ4n) is 3.30. The maximum atomic E-state index is 12.2. The number of oxazole rings is 1. The molecule has 0 aliphatic carbocycles. The molecule has 1 aromatic heterocycles. The number of hydrogen-bond acceptors (Lipinski definition) is 4. The molecule has 0 saturated carbocycles. The van der Waals surface area contributed by atoms with Crippen LogP contribution in [0.3, 0.4) is 0 Å². The lowest BCUT2D eigenvalue weighted by Gasteiger charge is -2.18. The number of rotatable bonds is 1. The Morgan fingerprint density at radius 1 is 1.00 bits per heavy atom. The van der Waals surface area contributed by atoms with Gasteiger partial charge in [0.2, 0.25) is 6.79 Å². The maximum absolute atomic E-state index is 12.2. The zero-order chi connectivity index (χ0) is 15.4. The third-order valence-electron chi connectivity index (χ3n) is 4.39. The molecule has 0 spiro atoms. The van der Waals surface area contributed by atoms with E-state index in [1.807, 2.05) is 42.5 Å². The topological polar surface area (TPSA) is 53.6 Å². The zero-order valence-electron chi connectivity index (χ0n) is 12.2. The first kappa shape index (κ1) is 12.6. The van der Waals surface area contributed by atoms with Crippen LogP contribution in [0.5, 0.6) is 11.5 Å². The Labute approximate surface area is 131 Å². The van der Waals surface area contributed by atoms with Crippen LogP contribution in [0.4, 0.5) is 0 Å². The molecule has 0 saturated heterocycles. The molecule has 5 heteroatoms. The summed E-state index contributed by atoms with van der Waals surface area (Å²) in [5.74, 6) is 1.77. The van der Waals surface area contributed by atoms with E-state index in [-0.39, 0.29) is 12.5 Å². The minimum Gasteiger partial charge on any atom is -0.454 e. The van der Waals surface area contributed by atoms with Crippen LogP contribution in [0.25, 0.3) is 22.6 Å². The maximum Gasteiger partial charge on any atom is 0.420 e. The van der Waals surface area contributed by atoms with E-state index in [1.54, 1.807) is 4.57 Å². The molecule has 3 aromatic rings. The Kier molecular flexibility index (Phi) is 2.47. The predicted octanol–water partition coefficient (Wildman–Crippen LogP) is 3.06. The zero-order valence-corrected chi connectivity index (χ0v) is 12.2. The van der Waals surface area contributed by atoms with Crippen molar-refractivity contribution < 1.29 is 13.9 Å². The Morgan fingerprint density at radius 3 is 2.61 bits per heavy atom. The van der Waals surface area contributed by atoms with Gasteiger partial charge in [0.25, 0.3) is 0 Å². The van der Waals surface area contributed by atoms with Gasteiger partial charge in [-0.2, -0.15) is 0 Å². The predicted molar refractivity (Wildman–Crippen MR) is 83.7 cm³/mol. The van der Waals surface area contributed by atoms with Crippen LogP contribution in [0.15, 0.2) is 51.7 Å². The van der Waals surface area contributed by atoms with Crippen LogP contribution >= 0.6 is 0 Å². The molecule has 0 atom stereocenters. The number of nitrogens with zero attached hydrogens (tertiary/aromatic N) is 1. The second-order valence-corrected chi connectivity index (χ2v) is 5.68. The van der Waals surface area contributed by atoms with Gasteiger partial charge >= 0.3 is 5.76 Å². The molecule has 5 nitrogen and oxygen atoms in total. The molecule has 3 heterocycles. The van der Waals surface area contributed by atoms with Gasteiger partial charge < -0.3 is 13.9 Å². The fraction of sp³-hybridized carbons (Fsp3) is 0.167. The monoisotopic (exact) mass is 307 g/mol. The van der Waals surface area contributed by atoms with Crippen LogP contribution in [-0.2, 0) is 13.0 Å². The highest BCUT2D eigenvalue weighted by Crippen LogP contribution is 2.43. The van der Waals surface area contributed by atoms with Crippen LogP contribution < -0.4 is 15.2 Å². The number of aryl methyl sites for hydroxylation is 1. The molecule has 5 rings (SSSR count). The van der Waals surface area contributed by atoms with E-state index in [4.69, 9.17) is 13.9 Å². The molecule has 2 aliphatic heterocycles. The lowest BCUT2D eigenvalue weighted by Crippen LogP contribution is -2.20. The van der Waals surface area contributed by atoms with E-state index < -0.39 is 0 Å². The Hall–Kier alpha value is -2.95. The minimum atomic E-state index is -0.317. The lowest BCUT2D eigenvalue weighted by atomic mass is 9.95. The number of benzene rings is 2. The van der Waals surface area contributed by atoms with Gasteiger partial charge in [0.05, 0.1) is 5.69 Å². The molecule has 0 N–H and O–H groups in total. The van der Waals surface area contributed by atoms with Crippen LogP contribution in [0.2, 0.25) is 0 Å². The van der Waals surface area contributed by atoms with Crippen LogP contribution in [0.1, 0.15) is 5.56 Å².